The molecule has 0 radical (unpaired) electrons. The summed E-state index contributed by atoms with van der Waals surface area (Å²) < 4.78 is 0. The minimum absolute atomic E-state index is 0.0960. The number of carbonyl (C=O) groups is 2. The number of urea groups is 1. The van der Waals surface area contributed by atoms with E-state index in [2.05, 4.69) is 12.2 Å². The summed E-state index contributed by atoms with van der Waals surface area (Å²) in [6.45, 7) is 5.89. The van der Waals surface area contributed by atoms with E-state index in [1.165, 1.54) is 0 Å². The number of nitrogens with zero attached hydrogens (tertiary/aromatic N) is 1. The molecular formula is C11H22N2O3. The van der Waals surface area contributed by atoms with Gasteiger partial charge in [0.05, 0.1) is 0 Å². The van der Waals surface area contributed by atoms with E-state index in [0.717, 1.165) is 19.4 Å². The molecular weight excluding hydrogens is 208 g/mol. The fourth-order valence-corrected chi connectivity index (χ4v) is 1.30. The molecule has 0 saturated heterocycles. The molecule has 2 N–H and O–H groups in total. The zero-order chi connectivity index (χ0) is 12.4. The highest BCUT2D eigenvalue weighted by Gasteiger charge is 2.09. The number of carboxylic acid groups (broad SMARTS) is 1. The van der Waals surface area contributed by atoms with E-state index in [4.69, 9.17) is 5.11 Å². The Morgan fingerprint density at radius 3 is 2.44 bits per heavy atom. The highest BCUT2D eigenvalue weighted by atomic mass is 16.4. The lowest BCUT2D eigenvalue weighted by atomic mass is 10.3. The summed E-state index contributed by atoms with van der Waals surface area (Å²) in [5.74, 6) is -0.826. The van der Waals surface area contributed by atoms with E-state index in [9.17, 15) is 9.59 Å². The summed E-state index contributed by atoms with van der Waals surface area (Å²) in [6, 6.07) is -0.0960. The summed E-state index contributed by atoms with van der Waals surface area (Å²) >= 11 is 0. The Kier molecular flexibility index (Phi) is 8.29. The Labute approximate surface area is 96.8 Å². The van der Waals surface area contributed by atoms with Crippen molar-refractivity contribution in [2.45, 2.75) is 39.5 Å². The Morgan fingerprint density at radius 1 is 1.25 bits per heavy atom. The summed E-state index contributed by atoms with van der Waals surface area (Å²) in [4.78, 5) is 23.6. The van der Waals surface area contributed by atoms with Crippen LogP contribution < -0.4 is 5.32 Å². The number of hydrogen-bond donors (Lipinski definition) is 2. The fourth-order valence-electron chi connectivity index (χ4n) is 1.30. The molecule has 16 heavy (non-hydrogen) atoms. The molecule has 5 heteroatoms. The second-order valence-electron chi connectivity index (χ2n) is 3.66. The van der Waals surface area contributed by atoms with Crippen LogP contribution in [-0.4, -0.2) is 41.6 Å². The van der Waals surface area contributed by atoms with Gasteiger partial charge in [0, 0.05) is 26.1 Å². The molecule has 2 amide bonds. The highest BCUT2D eigenvalue weighted by Crippen LogP contribution is 1.96. The number of amides is 2. The summed E-state index contributed by atoms with van der Waals surface area (Å²) in [5.41, 5.74) is 0. The summed E-state index contributed by atoms with van der Waals surface area (Å²) in [6.07, 6.45) is 2.63. The molecule has 0 aliphatic carbocycles. The minimum Gasteiger partial charge on any atom is -0.481 e. The normalized spacial score (nSPS) is 9.88. The van der Waals surface area contributed by atoms with Gasteiger partial charge in [0.1, 0.15) is 0 Å². The molecule has 0 bridgehead atoms. The molecule has 94 valence electrons. The van der Waals surface area contributed by atoms with Gasteiger partial charge in [-0.1, -0.05) is 13.3 Å². The van der Waals surface area contributed by atoms with Crippen LogP contribution in [0.5, 0.6) is 0 Å². The topological polar surface area (TPSA) is 69.6 Å². The van der Waals surface area contributed by atoms with Crippen LogP contribution in [0, 0.1) is 0 Å². The Balaban J connectivity index is 3.70. The molecule has 0 rings (SSSR count). The SMILES string of the molecule is CCCCN(CC)C(=O)NCCCC(=O)O. The molecule has 0 saturated carbocycles. The van der Waals surface area contributed by atoms with Crippen molar-refractivity contribution >= 4 is 12.0 Å². The van der Waals surface area contributed by atoms with Gasteiger partial charge in [-0.15, -0.1) is 0 Å². The van der Waals surface area contributed by atoms with E-state index in [-0.39, 0.29) is 12.5 Å². The van der Waals surface area contributed by atoms with Crippen LogP contribution in [0.15, 0.2) is 0 Å². The van der Waals surface area contributed by atoms with Crippen molar-refractivity contribution in [3.8, 4) is 0 Å². The van der Waals surface area contributed by atoms with Gasteiger partial charge in [-0.25, -0.2) is 4.79 Å². The molecule has 0 spiro atoms. The maximum Gasteiger partial charge on any atom is 0.317 e. The van der Waals surface area contributed by atoms with Gasteiger partial charge in [0.2, 0.25) is 0 Å². The zero-order valence-electron chi connectivity index (χ0n) is 10.2. The van der Waals surface area contributed by atoms with E-state index in [1.807, 2.05) is 6.92 Å². The summed E-state index contributed by atoms with van der Waals surface area (Å²) in [7, 11) is 0. The van der Waals surface area contributed by atoms with Crippen LogP contribution in [0.25, 0.3) is 0 Å². The number of rotatable bonds is 8. The molecule has 0 fully saturated rings. The molecule has 0 aliphatic rings. The first-order valence-electron chi connectivity index (χ1n) is 5.86. The third-order valence-corrected chi connectivity index (χ3v) is 2.29. The van der Waals surface area contributed by atoms with Crippen LogP contribution in [0.1, 0.15) is 39.5 Å². The van der Waals surface area contributed by atoms with Crippen molar-refractivity contribution in [1.82, 2.24) is 10.2 Å². The average molecular weight is 230 g/mol. The maximum atomic E-state index is 11.6. The van der Waals surface area contributed by atoms with Crippen molar-refractivity contribution in [2.75, 3.05) is 19.6 Å². The standard InChI is InChI=1S/C11H22N2O3/c1-3-5-9-13(4-2)11(16)12-8-6-7-10(14)15/h3-9H2,1-2H3,(H,12,16)(H,14,15). The number of carbonyl (C=O) groups excluding carboxylic acids is 1. The predicted molar refractivity (Wildman–Crippen MR) is 62.4 cm³/mol. The van der Waals surface area contributed by atoms with Crippen LogP contribution >= 0.6 is 0 Å². The van der Waals surface area contributed by atoms with Gasteiger partial charge >= 0.3 is 12.0 Å². The third kappa shape index (κ3) is 7.09. The Morgan fingerprint density at radius 2 is 1.94 bits per heavy atom. The van der Waals surface area contributed by atoms with Crippen LogP contribution in [0.2, 0.25) is 0 Å². The molecule has 0 aromatic carbocycles. The minimum atomic E-state index is -0.826. The number of unbranched alkanes of at least 4 members (excludes halogenated alkanes) is 1. The Hall–Kier alpha value is -1.26. The van der Waals surface area contributed by atoms with Gasteiger partial charge in [-0.2, -0.15) is 0 Å². The molecule has 0 unspecified atom stereocenters. The van der Waals surface area contributed by atoms with Crippen molar-refractivity contribution in [1.29, 1.82) is 0 Å². The van der Waals surface area contributed by atoms with Crippen molar-refractivity contribution in [2.24, 2.45) is 0 Å². The monoisotopic (exact) mass is 230 g/mol. The van der Waals surface area contributed by atoms with E-state index in [0.29, 0.717) is 19.5 Å². The number of nitrogens with one attached hydrogen (secondary N) is 1. The second kappa shape index (κ2) is 9.00. The van der Waals surface area contributed by atoms with E-state index in [1.54, 1.807) is 4.90 Å². The largest absolute Gasteiger partial charge is 0.481 e. The van der Waals surface area contributed by atoms with Crippen LogP contribution in [-0.2, 0) is 4.79 Å². The lowest BCUT2D eigenvalue weighted by Crippen LogP contribution is -2.40. The number of hydrogen-bond acceptors (Lipinski definition) is 2. The number of aliphatic carboxylic acids is 1. The maximum absolute atomic E-state index is 11.6. The average Bonchev–Trinajstić information content (AvgIpc) is 2.25. The molecule has 5 nitrogen and oxygen atoms in total. The zero-order valence-corrected chi connectivity index (χ0v) is 10.2. The Bertz CT molecular complexity index is 219. The molecule has 0 aromatic heterocycles. The van der Waals surface area contributed by atoms with Gasteiger partial charge in [-0.05, 0) is 19.8 Å². The molecule has 0 atom stereocenters. The third-order valence-electron chi connectivity index (χ3n) is 2.29. The first-order valence-corrected chi connectivity index (χ1v) is 5.86. The highest BCUT2D eigenvalue weighted by molar-refractivity contribution is 5.74. The smallest absolute Gasteiger partial charge is 0.317 e. The lowest BCUT2D eigenvalue weighted by Gasteiger charge is -2.20. The van der Waals surface area contributed by atoms with Crippen LogP contribution in [0.4, 0.5) is 4.79 Å². The van der Waals surface area contributed by atoms with Crippen LogP contribution in [0.3, 0.4) is 0 Å². The van der Waals surface area contributed by atoms with Gasteiger partial charge in [0.15, 0.2) is 0 Å². The second-order valence-corrected chi connectivity index (χ2v) is 3.66. The van der Waals surface area contributed by atoms with Gasteiger partial charge in [-0.3, -0.25) is 4.79 Å². The molecule has 0 aromatic rings. The van der Waals surface area contributed by atoms with Gasteiger partial charge in [0.25, 0.3) is 0 Å². The predicted octanol–water partition coefficient (Wildman–Crippen LogP) is 1.68. The molecule has 0 aliphatic heterocycles. The fraction of sp³-hybridized carbons (Fsp3) is 0.818. The van der Waals surface area contributed by atoms with Crippen molar-refractivity contribution in [3.05, 3.63) is 0 Å². The van der Waals surface area contributed by atoms with E-state index >= 15 is 0 Å². The van der Waals surface area contributed by atoms with Crippen molar-refractivity contribution < 1.29 is 14.7 Å². The lowest BCUT2D eigenvalue weighted by molar-refractivity contribution is -0.137. The summed E-state index contributed by atoms with van der Waals surface area (Å²) in [5, 5.41) is 11.1. The van der Waals surface area contributed by atoms with Crippen molar-refractivity contribution in [3.63, 3.8) is 0 Å². The quantitative estimate of drug-likeness (QED) is 0.623. The first-order chi connectivity index (χ1) is 7.61. The number of carboxylic acids is 1. The van der Waals surface area contributed by atoms with Gasteiger partial charge < -0.3 is 15.3 Å². The first kappa shape index (κ1) is 14.7. The molecule has 0 heterocycles. The van der Waals surface area contributed by atoms with E-state index < -0.39 is 5.97 Å².